The van der Waals surface area contributed by atoms with Crippen LogP contribution < -0.4 is 0 Å². The summed E-state index contributed by atoms with van der Waals surface area (Å²) in [6, 6.07) is 16.7. The lowest BCUT2D eigenvalue weighted by Gasteiger charge is -2.22. The minimum Gasteiger partial charge on any atom is -0.384 e. The second-order valence-corrected chi connectivity index (χ2v) is 6.31. The molecule has 1 aliphatic carbocycles. The number of benzene rings is 2. The number of hydrogen-bond donors (Lipinski definition) is 1. The van der Waals surface area contributed by atoms with Gasteiger partial charge in [-0.1, -0.05) is 73.4 Å². The van der Waals surface area contributed by atoms with Crippen molar-refractivity contribution >= 4 is 0 Å². The molecule has 1 heteroatoms. The topological polar surface area (TPSA) is 20.2 Å². The summed E-state index contributed by atoms with van der Waals surface area (Å²) in [4.78, 5) is 0. The van der Waals surface area contributed by atoms with E-state index >= 15 is 0 Å². The fourth-order valence-electron chi connectivity index (χ4n) is 3.33. The lowest BCUT2D eigenvalue weighted by molar-refractivity contribution is 0.220. The second-order valence-electron chi connectivity index (χ2n) is 6.31. The molecular formula is C20H24O. The van der Waals surface area contributed by atoms with Gasteiger partial charge in [0, 0.05) is 0 Å². The zero-order valence-corrected chi connectivity index (χ0v) is 12.8. The zero-order chi connectivity index (χ0) is 14.7. The van der Waals surface area contributed by atoms with Crippen molar-refractivity contribution in [2.24, 2.45) is 0 Å². The van der Waals surface area contributed by atoms with Crippen LogP contribution in [0, 0.1) is 6.92 Å². The van der Waals surface area contributed by atoms with Crippen LogP contribution in [-0.4, -0.2) is 5.11 Å². The summed E-state index contributed by atoms with van der Waals surface area (Å²) >= 11 is 0. The van der Waals surface area contributed by atoms with E-state index in [0.717, 1.165) is 17.0 Å². The maximum atomic E-state index is 10.5. The molecule has 1 saturated carbocycles. The van der Waals surface area contributed by atoms with E-state index in [-0.39, 0.29) is 0 Å². The normalized spacial score (nSPS) is 17.6. The highest BCUT2D eigenvalue weighted by Gasteiger charge is 2.16. The molecule has 21 heavy (non-hydrogen) atoms. The molecule has 110 valence electrons. The van der Waals surface area contributed by atoms with Gasteiger partial charge in [0.2, 0.25) is 0 Å². The first-order chi connectivity index (χ1) is 10.2. The zero-order valence-electron chi connectivity index (χ0n) is 12.8. The summed E-state index contributed by atoms with van der Waals surface area (Å²) in [7, 11) is 0. The van der Waals surface area contributed by atoms with Crippen molar-refractivity contribution < 1.29 is 5.11 Å². The molecule has 0 heterocycles. The van der Waals surface area contributed by atoms with Gasteiger partial charge in [0.1, 0.15) is 6.10 Å². The maximum Gasteiger partial charge on any atom is 0.104 e. The molecule has 2 aromatic rings. The molecule has 2 aromatic carbocycles. The molecule has 0 aliphatic heterocycles. The summed E-state index contributed by atoms with van der Waals surface area (Å²) < 4.78 is 0. The van der Waals surface area contributed by atoms with Gasteiger partial charge in [-0.2, -0.15) is 0 Å². The molecule has 1 atom stereocenters. The smallest absolute Gasteiger partial charge is 0.104 e. The van der Waals surface area contributed by atoms with E-state index < -0.39 is 6.10 Å². The SMILES string of the molecule is Cc1ccc(C(O)c2ccc(C3CCCCC3)cc2)cc1. The lowest BCUT2D eigenvalue weighted by Crippen LogP contribution is -2.05. The quantitative estimate of drug-likeness (QED) is 0.827. The summed E-state index contributed by atoms with van der Waals surface area (Å²) in [5.74, 6) is 0.726. The molecule has 0 bridgehead atoms. The molecule has 0 saturated heterocycles. The van der Waals surface area contributed by atoms with Crippen LogP contribution in [0.4, 0.5) is 0 Å². The molecule has 1 fully saturated rings. The number of rotatable bonds is 3. The van der Waals surface area contributed by atoms with Crippen molar-refractivity contribution in [3.05, 3.63) is 70.8 Å². The molecule has 0 spiro atoms. The summed E-state index contributed by atoms with van der Waals surface area (Å²) in [5, 5.41) is 10.5. The highest BCUT2D eigenvalue weighted by atomic mass is 16.3. The number of hydrogen-bond acceptors (Lipinski definition) is 1. The Kier molecular flexibility index (Phi) is 4.40. The Morgan fingerprint density at radius 1 is 0.810 bits per heavy atom. The molecule has 1 N–H and O–H groups in total. The number of aryl methyl sites for hydroxylation is 1. The van der Waals surface area contributed by atoms with Crippen LogP contribution in [0.1, 0.15) is 66.4 Å². The Balaban J connectivity index is 1.75. The third-order valence-electron chi connectivity index (χ3n) is 4.72. The highest BCUT2D eigenvalue weighted by Crippen LogP contribution is 2.33. The summed E-state index contributed by atoms with van der Waals surface area (Å²) in [6.07, 6.45) is 6.23. The van der Waals surface area contributed by atoms with Crippen LogP contribution in [0.5, 0.6) is 0 Å². The molecule has 1 nitrogen and oxygen atoms in total. The molecule has 1 aliphatic rings. The second kappa shape index (κ2) is 6.44. The van der Waals surface area contributed by atoms with E-state index in [4.69, 9.17) is 0 Å². The van der Waals surface area contributed by atoms with E-state index in [1.807, 2.05) is 12.1 Å². The van der Waals surface area contributed by atoms with Crippen LogP contribution in [-0.2, 0) is 0 Å². The Morgan fingerprint density at radius 2 is 1.33 bits per heavy atom. The van der Waals surface area contributed by atoms with Crippen LogP contribution in [0.2, 0.25) is 0 Å². The number of aliphatic hydroxyl groups is 1. The van der Waals surface area contributed by atoms with E-state index in [1.54, 1.807) is 0 Å². The van der Waals surface area contributed by atoms with E-state index in [9.17, 15) is 5.11 Å². The lowest BCUT2D eigenvalue weighted by atomic mass is 9.83. The van der Waals surface area contributed by atoms with E-state index in [2.05, 4.69) is 43.3 Å². The van der Waals surface area contributed by atoms with Gasteiger partial charge in [0.25, 0.3) is 0 Å². The molecule has 0 radical (unpaired) electrons. The van der Waals surface area contributed by atoms with Crippen molar-refractivity contribution in [1.29, 1.82) is 0 Å². The van der Waals surface area contributed by atoms with Gasteiger partial charge in [-0.15, -0.1) is 0 Å². The third kappa shape index (κ3) is 3.36. The van der Waals surface area contributed by atoms with Crippen LogP contribution >= 0.6 is 0 Å². The van der Waals surface area contributed by atoms with Crippen molar-refractivity contribution in [1.82, 2.24) is 0 Å². The molecule has 0 aromatic heterocycles. The fraction of sp³-hybridized carbons (Fsp3) is 0.400. The minimum absolute atomic E-state index is 0.522. The minimum atomic E-state index is -0.522. The first kappa shape index (κ1) is 14.3. The maximum absolute atomic E-state index is 10.5. The average Bonchev–Trinajstić information content (AvgIpc) is 2.56. The Morgan fingerprint density at radius 3 is 1.90 bits per heavy atom. The predicted molar refractivity (Wildman–Crippen MR) is 87.5 cm³/mol. The van der Waals surface area contributed by atoms with E-state index in [0.29, 0.717) is 0 Å². The van der Waals surface area contributed by atoms with Gasteiger partial charge in [0.15, 0.2) is 0 Å². The van der Waals surface area contributed by atoms with Crippen LogP contribution in [0.15, 0.2) is 48.5 Å². The summed E-state index contributed by atoms with van der Waals surface area (Å²) in [5.41, 5.74) is 4.61. The number of aliphatic hydroxyl groups excluding tert-OH is 1. The van der Waals surface area contributed by atoms with Crippen molar-refractivity contribution in [3.8, 4) is 0 Å². The Hall–Kier alpha value is -1.60. The largest absolute Gasteiger partial charge is 0.384 e. The van der Waals surface area contributed by atoms with Crippen molar-refractivity contribution in [3.63, 3.8) is 0 Å². The van der Waals surface area contributed by atoms with Gasteiger partial charge in [-0.05, 0) is 42.4 Å². The first-order valence-electron chi connectivity index (χ1n) is 8.08. The Bertz CT molecular complexity index is 562. The predicted octanol–water partition coefficient (Wildman–Crippen LogP) is 5.12. The van der Waals surface area contributed by atoms with Gasteiger partial charge < -0.3 is 5.11 Å². The van der Waals surface area contributed by atoms with Gasteiger partial charge in [0.05, 0.1) is 0 Å². The van der Waals surface area contributed by atoms with Crippen molar-refractivity contribution in [2.75, 3.05) is 0 Å². The molecule has 3 rings (SSSR count). The van der Waals surface area contributed by atoms with Gasteiger partial charge in [-0.3, -0.25) is 0 Å². The van der Waals surface area contributed by atoms with Gasteiger partial charge >= 0.3 is 0 Å². The standard InChI is InChI=1S/C20H24O/c1-15-7-9-18(10-8-15)20(21)19-13-11-17(12-14-19)16-5-3-2-4-6-16/h7-14,16,20-21H,2-6H2,1H3. The molecule has 1 unspecified atom stereocenters. The average molecular weight is 280 g/mol. The van der Waals surface area contributed by atoms with Crippen molar-refractivity contribution in [2.45, 2.75) is 51.0 Å². The van der Waals surface area contributed by atoms with Gasteiger partial charge in [-0.25, -0.2) is 0 Å². The highest BCUT2D eigenvalue weighted by molar-refractivity contribution is 5.34. The van der Waals surface area contributed by atoms with Crippen LogP contribution in [0.3, 0.4) is 0 Å². The molecular weight excluding hydrogens is 256 g/mol. The fourth-order valence-corrected chi connectivity index (χ4v) is 3.33. The Labute approximate surface area is 127 Å². The first-order valence-corrected chi connectivity index (χ1v) is 8.08. The summed E-state index contributed by atoms with van der Waals surface area (Å²) in [6.45, 7) is 2.06. The monoisotopic (exact) mass is 280 g/mol. The molecule has 0 amide bonds. The van der Waals surface area contributed by atoms with Crippen LogP contribution in [0.25, 0.3) is 0 Å². The van der Waals surface area contributed by atoms with E-state index in [1.165, 1.54) is 43.2 Å². The third-order valence-corrected chi connectivity index (χ3v) is 4.72.